The molecule has 0 aliphatic carbocycles. The monoisotopic (exact) mass is 473 g/mol. The molecule has 0 bridgehead atoms. The summed E-state index contributed by atoms with van der Waals surface area (Å²) in [6.07, 6.45) is 0. The molecule has 1 aliphatic heterocycles. The van der Waals surface area contributed by atoms with Crippen LogP contribution in [0.15, 0.2) is 43.7 Å². The van der Waals surface area contributed by atoms with Crippen molar-refractivity contribution in [3.05, 3.63) is 54.9 Å². The average molecular weight is 476 g/mol. The molecular weight excluding hydrogens is 470 g/mol. The van der Waals surface area contributed by atoms with Gasteiger partial charge < -0.3 is 5.11 Å². The van der Waals surface area contributed by atoms with E-state index in [9.17, 15) is 14.7 Å². The molecule has 0 spiro atoms. The van der Waals surface area contributed by atoms with E-state index >= 15 is 0 Å². The Labute approximate surface area is 145 Å². The van der Waals surface area contributed by atoms with Gasteiger partial charge in [0, 0.05) is 8.95 Å². The van der Waals surface area contributed by atoms with Crippen molar-refractivity contribution in [1.82, 2.24) is 0 Å². The fourth-order valence-electron chi connectivity index (χ4n) is 2.17. The number of benzene rings is 2. The van der Waals surface area contributed by atoms with Crippen LogP contribution in [0.25, 0.3) is 0 Å². The number of rotatable bonds is 1. The smallest absolute Gasteiger partial charge is 0.269 e. The summed E-state index contributed by atoms with van der Waals surface area (Å²) in [5.41, 5.74) is 0.625. The number of halogens is 3. The van der Waals surface area contributed by atoms with Gasteiger partial charge in [-0.25, -0.2) is 4.90 Å². The van der Waals surface area contributed by atoms with Crippen LogP contribution in [-0.4, -0.2) is 16.9 Å². The predicted octanol–water partition coefficient (Wildman–Crippen LogP) is 4.48. The van der Waals surface area contributed by atoms with E-state index in [1.807, 2.05) is 0 Å². The maximum absolute atomic E-state index is 12.5. The van der Waals surface area contributed by atoms with Crippen LogP contribution in [-0.2, 0) is 0 Å². The lowest BCUT2D eigenvalue weighted by Gasteiger charge is -2.13. The topological polar surface area (TPSA) is 57.6 Å². The molecule has 106 valence electrons. The molecule has 21 heavy (non-hydrogen) atoms. The fraction of sp³-hybridized carbons (Fsp3) is 0. The molecule has 2 aromatic carbocycles. The highest BCUT2D eigenvalue weighted by Crippen LogP contribution is 2.41. The van der Waals surface area contributed by atoms with Crippen LogP contribution >= 0.6 is 47.8 Å². The van der Waals surface area contributed by atoms with E-state index < -0.39 is 11.8 Å². The lowest BCUT2D eigenvalue weighted by Crippen LogP contribution is -2.29. The number of carbonyl (C=O) groups excluding carboxylic acids is 2. The van der Waals surface area contributed by atoms with Gasteiger partial charge in [-0.15, -0.1) is 0 Å². The molecule has 0 radical (unpaired) electrons. The number of fused-ring (bicyclic) bond motifs is 1. The van der Waals surface area contributed by atoms with Crippen LogP contribution in [0.2, 0.25) is 0 Å². The van der Waals surface area contributed by atoms with Crippen molar-refractivity contribution >= 4 is 65.3 Å². The minimum Gasteiger partial charge on any atom is -0.506 e. The minimum atomic E-state index is -0.545. The molecule has 1 heterocycles. The minimum absolute atomic E-state index is 0.00386. The number of hydrogen-bond donors (Lipinski definition) is 1. The second kappa shape index (κ2) is 5.23. The van der Waals surface area contributed by atoms with Crippen LogP contribution in [0.5, 0.6) is 5.75 Å². The number of phenols is 1. The van der Waals surface area contributed by atoms with Crippen molar-refractivity contribution in [2.45, 2.75) is 0 Å². The van der Waals surface area contributed by atoms with Crippen molar-refractivity contribution in [3.63, 3.8) is 0 Å². The molecule has 2 amide bonds. The Balaban J connectivity index is 2.19. The highest BCUT2D eigenvalue weighted by atomic mass is 79.9. The number of nitrogens with zero attached hydrogens (tertiary/aromatic N) is 1. The lowest BCUT2D eigenvalue weighted by molar-refractivity contribution is 0.0925. The number of hydrogen-bond acceptors (Lipinski definition) is 3. The quantitative estimate of drug-likeness (QED) is 0.619. The first-order valence-corrected chi connectivity index (χ1v) is 8.15. The first kappa shape index (κ1) is 14.7. The largest absolute Gasteiger partial charge is 0.506 e. The van der Waals surface area contributed by atoms with Gasteiger partial charge in [0.2, 0.25) is 0 Å². The Morgan fingerprint density at radius 1 is 0.857 bits per heavy atom. The standard InChI is InChI=1S/C14H6Br3NO3/c15-6-1-3-7(4-2-6)18-13(20)10-8(16)5-9(17)12(19)11(10)14(18)21/h1-5,19H. The van der Waals surface area contributed by atoms with E-state index in [0.717, 1.165) is 9.37 Å². The van der Waals surface area contributed by atoms with Crippen LogP contribution in [0.3, 0.4) is 0 Å². The van der Waals surface area contributed by atoms with E-state index in [0.29, 0.717) is 14.6 Å². The van der Waals surface area contributed by atoms with Crippen molar-refractivity contribution in [2.24, 2.45) is 0 Å². The Morgan fingerprint density at radius 3 is 2.05 bits per heavy atom. The molecule has 3 rings (SSSR count). The SMILES string of the molecule is O=C1c2c(Br)cc(Br)c(O)c2C(=O)N1c1ccc(Br)cc1. The molecule has 0 fully saturated rings. The van der Waals surface area contributed by atoms with Crippen LogP contribution in [0.1, 0.15) is 20.7 Å². The zero-order valence-electron chi connectivity index (χ0n) is 10.2. The third kappa shape index (κ3) is 2.23. The second-order valence-electron chi connectivity index (χ2n) is 4.36. The van der Waals surface area contributed by atoms with Gasteiger partial charge in [-0.3, -0.25) is 9.59 Å². The molecule has 0 aromatic heterocycles. The number of aromatic hydroxyl groups is 1. The van der Waals surface area contributed by atoms with E-state index in [1.54, 1.807) is 30.3 Å². The number of imide groups is 1. The van der Waals surface area contributed by atoms with Gasteiger partial charge in [0.25, 0.3) is 11.8 Å². The second-order valence-corrected chi connectivity index (χ2v) is 6.99. The number of anilines is 1. The van der Waals surface area contributed by atoms with Crippen molar-refractivity contribution in [1.29, 1.82) is 0 Å². The molecule has 2 aromatic rings. The van der Waals surface area contributed by atoms with Crippen molar-refractivity contribution in [3.8, 4) is 5.75 Å². The highest BCUT2D eigenvalue weighted by molar-refractivity contribution is 9.11. The van der Waals surface area contributed by atoms with Crippen molar-refractivity contribution in [2.75, 3.05) is 4.90 Å². The lowest BCUT2D eigenvalue weighted by atomic mass is 10.1. The van der Waals surface area contributed by atoms with Gasteiger partial charge in [-0.05, 0) is 62.2 Å². The average Bonchev–Trinajstić information content (AvgIpc) is 2.70. The zero-order chi connectivity index (χ0) is 15.3. The van der Waals surface area contributed by atoms with E-state index in [2.05, 4.69) is 47.8 Å². The Hall–Kier alpha value is -1.18. The Bertz CT molecular complexity index is 787. The number of phenolic OH excluding ortho intramolecular Hbond substituents is 1. The number of amides is 2. The van der Waals surface area contributed by atoms with Gasteiger partial charge >= 0.3 is 0 Å². The Morgan fingerprint density at radius 2 is 1.43 bits per heavy atom. The summed E-state index contributed by atoms with van der Waals surface area (Å²) in [5, 5.41) is 10.1. The summed E-state index contributed by atoms with van der Waals surface area (Å²) in [4.78, 5) is 26.1. The molecule has 0 saturated carbocycles. The molecule has 7 heteroatoms. The van der Waals surface area contributed by atoms with E-state index in [1.165, 1.54) is 0 Å². The van der Waals surface area contributed by atoms with Gasteiger partial charge in [0.05, 0.1) is 21.3 Å². The maximum atomic E-state index is 12.5. The van der Waals surface area contributed by atoms with Crippen molar-refractivity contribution < 1.29 is 14.7 Å². The summed E-state index contributed by atoms with van der Waals surface area (Å²) in [5.74, 6) is -1.24. The third-order valence-electron chi connectivity index (χ3n) is 3.12. The summed E-state index contributed by atoms with van der Waals surface area (Å²) in [7, 11) is 0. The predicted molar refractivity (Wildman–Crippen MR) is 88.8 cm³/mol. The fourth-order valence-corrected chi connectivity index (χ4v) is 3.76. The van der Waals surface area contributed by atoms with Gasteiger partial charge in [0.1, 0.15) is 5.75 Å². The molecule has 0 atom stereocenters. The first-order valence-electron chi connectivity index (χ1n) is 5.77. The summed E-state index contributed by atoms with van der Waals surface area (Å²) >= 11 is 9.73. The molecule has 0 unspecified atom stereocenters. The van der Waals surface area contributed by atoms with Gasteiger partial charge in [-0.1, -0.05) is 15.9 Å². The van der Waals surface area contributed by atoms with E-state index in [-0.39, 0.29) is 16.9 Å². The molecule has 1 N–H and O–H groups in total. The molecule has 4 nitrogen and oxygen atoms in total. The third-order valence-corrected chi connectivity index (χ3v) is 4.88. The molecular formula is C14H6Br3NO3. The normalized spacial score (nSPS) is 13.8. The first-order chi connectivity index (χ1) is 9.91. The maximum Gasteiger partial charge on any atom is 0.269 e. The van der Waals surface area contributed by atoms with Crippen LogP contribution in [0, 0.1) is 0 Å². The van der Waals surface area contributed by atoms with Crippen LogP contribution in [0.4, 0.5) is 5.69 Å². The highest BCUT2D eigenvalue weighted by Gasteiger charge is 2.41. The van der Waals surface area contributed by atoms with Gasteiger partial charge in [-0.2, -0.15) is 0 Å². The Kier molecular flexibility index (Phi) is 3.67. The summed E-state index contributed by atoms with van der Waals surface area (Å²) in [6, 6.07) is 8.34. The van der Waals surface area contributed by atoms with Gasteiger partial charge in [0.15, 0.2) is 0 Å². The summed E-state index contributed by atoms with van der Waals surface area (Å²) in [6.45, 7) is 0. The van der Waals surface area contributed by atoms with Crippen LogP contribution < -0.4 is 4.90 Å². The zero-order valence-corrected chi connectivity index (χ0v) is 15.0. The number of carbonyl (C=O) groups is 2. The summed E-state index contributed by atoms with van der Waals surface area (Å²) < 4.78 is 1.65. The molecule has 0 saturated heterocycles. The molecule has 1 aliphatic rings. The van der Waals surface area contributed by atoms with E-state index in [4.69, 9.17) is 0 Å².